The summed E-state index contributed by atoms with van der Waals surface area (Å²) in [6, 6.07) is 3.14. The van der Waals surface area contributed by atoms with Gasteiger partial charge in [-0.2, -0.15) is 0 Å². The first-order valence-corrected chi connectivity index (χ1v) is 6.50. The van der Waals surface area contributed by atoms with E-state index in [1.807, 2.05) is 0 Å². The summed E-state index contributed by atoms with van der Waals surface area (Å²) in [4.78, 5) is 11.4. The Morgan fingerprint density at radius 1 is 1.47 bits per heavy atom. The number of methoxy groups -OCH3 is 1. The van der Waals surface area contributed by atoms with Gasteiger partial charge < -0.3 is 15.2 Å². The molecule has 0 fully saturated rings. The van der Waals surface area contributed by atoms with E-state index in [9.17, 15) is 9.90 Å². The van der Waals surface area contributed by atoms with Crippen molar-refractivity contribution in [1.29, 1.82) is 0 Å². The summed E-state index contributed by atoms with van der Waals surface area (Å²) in [5.41, 5.74) is 0.909. The summed E-state index contributed by atoms with van der Waals surface area (Å²) in [5.74, 6) is -0.166. The third kappa shape index (κ3) is 3.69. The number of halogens is 2. The normalized spacial score (nSPS) is 12.2. The number of esters is 1. The molecule has 0 aliphatic rings. The molecule has 0 aliphatic carbocycles. The number of nitrogens with one attached hydrogen (secondary N) is 1. The lowest BCUT2D eigenvalue weighted by Gasteiger charge is -2.14. The highest BCUT2D eigenvalue weighted by Gasteiger charge is 2.18. The summed E-state index contributed by atoms with van der Waals surface area (Å²) in [6.45, 7) is 0. The van der Waals surface area contributed by atoms with E-state index in [1.165, 1.54) is 7.11 Å². The van der Waals surface area contributed by atoms with Crippen molar-refractivity contribution < 1.29 is 14.6 Å². The van der Waals surface area contributed by atoms with E-state index >= 15 is 0 Å². The van der Waals surface area contributed by atoms with Crippen molar-refractivity contribution in [2.24, 2.45) is 0 Å². The number of carbonyl (C=O) groups excluding carboxylic acids is 1. The number of phenolic OH excluding ortho intramolecular Hbond substituents is 1. The van der Waals surface area contributed by atoms with Crippen LogP contribution >= 0.6 is 31.9 Å². The van der Waals surface area contributed by atoms with Gasteiger partial charge in [-0.05, 0) is 63.0 Å². The zero-order valence-electron chi connectivity index (χ0n) is 9.46. The molecule has 1 atom stereocenters. The maximum Gasteiger partial charge on any atom is 0.323 e. The topological polar surface area (TPSA) is 58.6 Å². The van der Waals surface area contributed by atoms with E-state index in [0.717, 1.165) is 5.56 Å². The van der Waals surface area contributed by atoms with Crippen LogP contribution in [0.1, 0.15) is 5.56 Å². The van der Waals surface area contributed by atoms with Crippen LogP contribution in [0, 0.1) is 0 Å². The molecule has 0 amide bonds. The fraction of sp³-hybridized carbons (Fsp3) is 0.364. The highest BCUT2D eigenvalue weighted by Crippen LogP contribution is 2.33. The number of benzene rings is 1. The Hall–Kier alpha value is -0.590. The van der Waals surface area contributed by atoms with Gasteiger partial charge in [-0.1, -0.05) is 0 Å². The number of rotatable bonds is 4. The number of hydrogen-bond donors (Lipinski definition) is 2. The Labute approximate surface area is 117 Å². The fourth-order valence-corrected chi connectivity index (χ4v) is 2.70. The predicted octanol–water partition coefficient (Wildman–Crippen LogP) is 2.22. The first-order valence-electron chi connectivity index (χ1n) is 4.91. The number of phenols is 1. The molecule has 1 aromatic carbocycles. The standard InChI is InChI=1S/C11H13Br2NO3/c1-14-9(11(16)17-2)5-6-3-7(12)10(15)8(13)4-6/h3-4,9,14-15H,5H2,1-2H3/t9-/m0/s1. The number of carbonyl (C=O) groups is 1. The van der Waals surface area contributed by atoms with Crippen LogP contribution in [0.2, 0.25) is 0 Å². The quantitative estimate of drug-likeness (QED) is 0.802. The summed E-state index contributed by atoms with van der Waals surface area (Å²) in [7, 11) is 3.06. The highest BCUT2D eigenvalue weighted by atomic mass is 79.9. The Morgan fingerprint density at radius 3 is 2.41 bits per heavy atom. The van der Waals surface area contributed by atoms with Gasteiger partial charge in [0.15, 0.2) is 0 Å². The first kappa shape index (κ1) is 14.5. The number of likely N-dealkylation sites (N-methyl/N-ethyl adjacent to an activating group) is 1. The molecule has 0 aliphatic heterocycles. The van der Waals surface area contributed by atoms with Crippen molar-refractivity contribution in [2.45, 2.75) is 12.5 Å². The Kier molecular flexibility index (Phi) is 5.42. The zero-order chi connectivity index (χ0) is 13.0. The molecular weight excluding hydrogens is 354 g/mol. The smallest absolute Gasteiger partial charge is 0.323 e. The summed E-state index contributed by atoms with van der Waals surface area (Å²) in [5, 5.41) is 12.5. The van der Waals surface area contributed by atoms with E-state index in [1.54, 1.807) is 19.2 Å². The van der Waals surface area contributed by atoms with Gasteiger partial charge in [0.05, 0.1) is 16.1 Å². The van der Waals surface area contributed by atoms with E-state index in [4.69, 9.17) is 0 Å². The molecule has 0 unspecified atom stereocenters. The van der Waals surface area contributed by atoms with E-state index in [0.29, 0.717) is 15.4 Å². The van der Waals surface area contributed by atoms with Crippen molar-refractivity contribution in [3.8, 4) is 5.75 Å². The lowest BCUT2D eigenvalue weighted by molar-refractivity contribution is -0.142. The number of hydrogen-bond acceptors (Lipinski definition) is 4. The van der Waals surface area contributed by atoms with Crippen LogP contribution in [0.15, 0.2) is 21.1 Å². The van der Waals surface area contributed by atoms with E-state index < -0.39 is 6.04 Å². The van der Waals surface area contributed by atoms with Gasteiger partial charge >= 0.3 is 5.97 Å². The number of aromatic hydroxyl groups is 1. The molecule has 0 radical (unpaired) electrons. The van der Waals surface area contributed by atoms with Crippen molar-refractivity contribution >= 4 is 37.8 Å². The maximum absolute atomic E-state index is 11.4. The summed E-state index contributed by atoms with van der Waals surface area (Å²) < 4.78 is 5.86. The van der Waals surface area contributed by atoms with Crippen molar-refractivity contribution in [1.82, 2.24) is 5.32 Å². The molecule has 1 aromatic rings. The van der Waals surface area contributed by atoms with Crippen molar-refractivity contribution in [3.05, 3.63) is 26.6 Å². The van der Waals surface area contributed by atoms with Gasteiger partial charge in [-0.15, -0.1) is 0 Å². The Balaban J connectivity index is 2.91. The molecule has 0 spiro atoms. The maximum atomic E-state index is 11.4. The average molecular weight is 367 g/mol. The molecule has 0 aromatic heterocycles. The molecule has 0 heterocycles. The van der Waals surface area contributed by atoms with Gasteiger partial charge in [-0.25, -0.2) is 0 Å². The van der Waals surface area contributed by atoms with Crippen LogP contribution in [-0.2, 0) is 16.0 Å². The van der Waals surface area contributed by atoms with Gasteiger partial charge in [0.1, 0.15) is 11.8 Å². The molecule has 4 nitrogen and oxygen atoms in total. The predicted molar refractivity (Wildman–Crippen MR) is 72.1 cm³/mol. The number of ether oxygens (including phenoxy) is 1. The molecule has 0 saturated carbocycles. The average Bonchev–Trinajstić information content (AvgIpc) is 2.31. The lowest BCUT2D eigenvalue weighted by atomic mass is 10.1. The van der Waals surface area contributed by atoms with Gasteiger partial charge in [0, 0.05) is 0 Å². The van der Waals surface area contributed by atoms with Crippen LogP contribution in [0.5, 0.6) is 5.75 Å². The molecular formula is C11H13Br2NO3. The fourth-order valence-electron chi connectivity index (χ4n) is 1.42. The summed E-state index contributed by atoms with van der Waals surface area (Å²) >= 11 is 6.49. The van der Waals surface area contributed by atoms with Crippen molar-refractivity contribution in [2.75, 3.05) is 14.2 Å². The minimum atomic E-state index is -0.400. The minimum Gasteiger partial charge on any atom is -0.506 e. The summed E-state index contributed by atoms with van der Waals surface area (Å²) in [6.07, 6.45) is 0.487. The SMILES string of the molecule is CN[C@@H](Cc1cc(Br)c(O)c(Br)c1)C(=O)OC. The monoisotopic (exact) mass is 365 g/mol. The first-order chi connectivity index (χ1) is 7.99. The molecule has 6 heteroatoms. The third-order valence-electron chi connectivity index (χ3n) is 2.35. The van der Waals surface area contributed by atoms with Crippen LogP contribution < -0.4 is 5.32 Å². The van der Waals surface area contributed by atoms with Gasteiger partial charge in [0.25, 0.3) is 0 Å². The molecule has 0 bridgehead atoms. The minimum absolute atomic E-state index is 0.146. The molecule has 0 saturated heterocycles. The van der Waals surface area contributed by atoms with E-state index in [2.05, 4.69) is 41.9 Å². The second-order valence-electron chi connectivity index (χ2n) is 3.48. The zero-order valence-corrected chi connectivity index (χ0v) is 12.6. The molecule has 94 valence electrons. The molecule has 17 heavy (non-hydrogen) atoms. The van der Waals surface area contributed by atoms with Crippen LogP contribution in [0.25, 0.3) is 0 Å². The van der Waals surface area contributed by atoms with Crippen LogP contribution in [0.3, 0.4) is 0 Å². The van der Waals surface area contributed by atoms with Crippen LogP contribution in [0.4, 0.5) is 0 Å². The highest BCUT2D eigenvalue weighted by molar-refractivity contribution is 9.11. The lowest BCUT2D eigenvalue weighted by Crippen LogP contribution is -2.36. The van der Waals surface area contributed by atoms with Gasteiger partial charge in [-0.3, -0.25) is 4.79 Å². The van der Waals surface area contributed by atoms with Crippen LogP contribution in [-0.4, -0.2) is 31.3 Å². The Bertz CT molecular complexity index is 400. The van der Waals surface area contributed by atoms with Crippen molar-refractivity contribution in [3.63, 3.8) is 0 Å². The van der Waals surface area contributed by atoms with E-state index in [-0.39, 0.29) is 11.7 Å². The van der Waals surface area contributed by atoms with Gasteiger partial charge in [0.2, 0.25) is 0 Å². The second kappa shape index (κ2) is 6.37. The second-order valence-corrected chi connectivity index (χ2v) is 5.19. The third-order valence-corrected chi connectivity index (χ3v) is 3.56. The Morgan fingerprint density at radius 2 is 2.00 bits per heavy atom. The largest absolute Gasteiger partial charge is 0.506 e. The molecule has 2 N–H and O–H groups in total. The molecule has 1 rings (SSSR count).